The number of anilines is 2. The first-order valence-corrected chi connectivity index (χ1v) is 8.99. The Morgan fingerprint density at radius 3 is 2.44 bits per heavy atom. The smallest absolute Gasteiger partial charge is 0.319 e. The molecule has 0 bridgehead atoms. The summed E-state index contributed by atoms with van der Waals surface area (Å²) in [7, 11) is 0. The molecule has 0 aliphatic rings. The van der Waals surface area contributed by atoms with E-state index in [9.17, 15) is 4.79 Å². The van der Waals surface area contributed by atoms with E-state index in [1.165, 1.54) is 16.8 Å². The first-order chi connectivity index (χ1) is 12.0. The number of nitrogens with one attached hydrogen (secondary N) is 2. The number of nitrogens with zero attached hydrogens (tertiary/aromatic N) is 1. The van der Waals surface area contributed by atoms with Crippen LogP contribution < -0.4 is 15.5 Å². The van der Waals surface area contributed by atoms with Gasteiger partial charge in [0, 0.05) is 31.0 Å². The summed E-state index contributed by atoms with van der Waals surface area (Å²) in [6, 6.07) is 14.4. The Labute approximate surface area is 151 Å². The summed E-state index contributed by atoms with van der Waals surface area (Å²) in [6.07, 6.45) is 0.828. The molecule has 0 aliphatic carbocycles. The Hall–Kier alpha value is -2.49. The number of carbonyl (C=O) groups is 1. The van der Waals surface area contributed by atoms with Crippen molar-refractivity contribution in [1.29, 1.82) is 0 Å². The summed E-state index contributed by atoms with van der Waals surface area (Å²) >= 11 is 0. The highest BCUT2D eigenvalue weighted by atomic mass is 16.2. The third-order valence-corrected chi connectivity index (χ3v) is 4.37. The normalized spacial score (nSPS) is 10.4. The number of urea groups is 1. The van der Waals surface area contributed by atoms with Crippen LogP contribution in [0.3, 0.4) is 0 Å². The molecular weight excluding hydrogens is 310 g/mol. The maximum absolute atomic E-state index is 12.1. The van der Waals surface area contributed by atoms with Crippen molar-refractivity contribution >= 4 is 17.4 Å². The molecule has 0 atom stereocenters. The molecule has 0 radical (unpaired) electrons. The molecule has 0 saturated carbocycles. The average molecular weight is 339 g/mol. The van der Waals surface area contributed by atoms with Crippen molar-refractivity contribution in [3.05, 3.63) is 59.2 Å². The molecule has 25 heavy (non-hydrogen) atoms. The molecule has 0 saturated heterocycles. The Kier molecular flexibility index (Phi) is 6.87. The molecule has 4 heteroatoms. The summed E-state index contributed by atoms with van der Waals surface area (Å²) in [5, 5.41) is 5.87. The summed E-state index contributed by atoms with van der Waals surface area (Å²) in [6.45, 7) is 11.0. The summed E-state index contributed by atoms with van der Waals surface area (Å²) in [4.78, 5) is 14.4. The Bertz CT molecular complexity index is 708. The number of aryl methyl sites for hydroxylation is 2. The second-order valence-electron chi connectivity index (χ2n) is 6.29. The van der Waals surface area contributed by atoms with Crippen LogP contribution in [0.1, 0.15) is 30.5 Å². The highest BCUT2D eigenvalue weighted by Gasteiger charge is 2.07. The second kappa shape index (κ2) is 9.11. The first kappa shape index (κ1) is 18.8. The van der Waals surface area contributed by atoms with Crippen LogP contribution in [0.4, 0.5) is 16.2 Å². The van der Waals surface area contributed by atoms with Crippen LogP contribution in [0.2, 0.25) is 0 Å². The third-order valence-electron chi connectivity index (χ3n) is 4.37. The topological polar surface area (TPSA) is 44.4 Å². The molecule has 2 aromatic rings. The zero-order valence-electron chi connectivity index (χ0n) is 15.7. The third kappa shape index (κ3) is 5.52. The van der Waals surface area contributed by atoms with Crippen LogP contribution in [-0.2, 0) is 6.42 Å². The van der Waals surface area contributed by atoms with Crippen molar-refractivity contribution in [3.63, 3.8) is 0 Å². The number of rotatable bonds is 7. The number of hydrogen-bond donors (Lipinski definition) is 2. The molecule has 2 N–H and O–H groups in total. The van der Waals surface area contributed by atoms with E-state index in [-0.39, 0.29) is 6.03 Å². The Morgan fingerprint density at radius 1 is 1.04 bits per heavy atom. The van der Waals surface area contributed by atoms with E-state index < -0.39 is 0 Å². The monoisotopic (exact) mass is 339 g/mol. The largest absolute Gasteiger partial charge is 0.372 e. The van der Waals surface area contributed by atoms with Crippen LogP contribution >= 0.6 is 0 Å². The number of benzene rings is 2. The van der Waals surface area contributed by atoms with E-state index in [4.69, 9.17) is 0 Å². The molecule has 0 heterocycles. The molecule has 2 aromatic carbocycles. The van der Waals surface area contributed by atoms with Gasteiger partial charge in [-0.25, -0.2) is 4.79 Å². The van der Waals surface area contributed by atoms with Gasteiger partial charge in [-0.1, -0.05) is 29.8 Å². The zero-order chi connectivity index (χ0) is 18.2. The van der Waals surface area contributed by atoms with Gasteiger partial charge in [-0.15, -0.1) is 0 Å². The number of carbonyl (C=O) groups excluding carboxylic acids is 1. The molecule has 0 unspecified atom stereocenters. The van der Waals surface area contributed by atoms with Crippen molar-refractivity contribution in [1.82, 2.24) is 5.32 Å². The van der Waals surface area contributed by atoms with Gasteiger partial charge in [0.05, 0.1) is 0 Å². The molecule has 134 valence electrons. The van der Waals surface area contributed by atoms with Gasteiger partial charge in [-0.2, -0.15) is 0 Å². The van der Waals surface area contributed by atoms with Crippen molar-refractivity contribution in [3.8, 4) is 0 Å². The lowest BCUT2D eigenvalue weighted by molar-refractivity contribution is 0.252. The molecule has 2 amide bonds. The summed E-state index contributed by atoms with van der Waals surface area (Å²) in [5.74, 6) is 0. The minimum absolute atomic E-state index is 0.161. The van der Waals surface area contributed by atoms with Gasteiger partial charge < -0.3 is 15.5 Å². The van der Waals surface area contributed by atoms with E-state index in [0.29, 0.717) is 6.54 Å². The molecule has 4 nitrogen and oxygen atoms in total. The SMILES string of the molecule is CCN(CC)c1ccc(NC(=O)NCCc2cccc(C)c2)c(C)c1. The summed E-state index contributed by atoms with van der Waals surface area (Å²) in [5.41, 5.74) is 5.58. The van der Waals surface area contributed by atoms with E-state index in [0.717, 1.165) is 30.8 Å². The van der Waals surface area contributed by atoms with E-state index in [2.05, 4.69) is 66.6 Å². The van der Waals surface area contributed by atoms with Gasteiger partial charge in [0.2, 0.25) is 0 Å². The van der Waals surface area contributed by atoms with E-state index in [1.54, 1.807) is 0 Å². The van der Waals surface area contributed by atoms with Crippen molar-refractivity contribution in [2.75, 3.05) is 29.9 Å². The van der Waals surface area contributed by atoms with Gasteiger partial charge in [0.1, 0.15) is 0 Å². The summed E-state index contributed by atoms with van der Waals surface area (Å²) < 4.78 is 0. The van der Waals surface area contributed by atoms with Crippen LogP contribution in [0.15, 0.2) is 42.5 Å². The van der Waals surface area contributed by atoms with Crippen LogP contribution in [0.5, 0.6) is 0 Å². The fourth-order valence-corrected chi connectivity index (χ4v) is 2.93. The van der Waals surface area contributed by atoms with Crippen LogP contribution in [0.25, 0.3) is 0 Å². The predicted molar refractivity (Wildman–Crippen MR) is 107 cm³/mol. The van der Waals surface area contributed by atoms with Gasteiger partial charge >= 0.3 is 6.03 Å². The van der Waals surface area contributed by atoms with Crippen molar-refractivity contribution in [2.24, 2.45) is 0 Å². The van der Waals surface area contributed by atoms with E-state index in [1.807, 2.05) is 19.1 Å². The highest BCUT2D eigenvalue weighted by Crippen LogP contribution is 2.22. The molecule has 0 spiro atoms. The number of amides is 2. The quantitative estimate of drug-likeness (QED) is 0.779. The van der Waals surface area contributed by atoms with Crippen LogP contribution in [-0.4, -0.2) is 25.7 Å². The fourth-order valence-electron chi connectivity index (χ4n) is 2.93. The lowest BCUT2D eigenvalue weighted by Gasteiger charge is -2.22. The lowest BCUT2D eigenvalue weighted by atomic mass is 10.1. The minimum atomic E-state index is -0.161. The Morgan fingerprint density at radius 2 is 1.80 bits per heavy atom. The maximum atomic E-state index is 12.1. The van der Waals surface area contributed by atoms with Gasteiger partial charge in [0.15, 0.2) is 0 Å². The zero-order valence-corrected chi connectivity index (χ0v) is 15.7. The maximum Gasteiger partial charge on any atom is 0.319 e. The first-order valence-electron chi connectivity index (χ1n) is 8.99. The molecule has 2 rings (SSSR count). The average Bonchev–Trinajstić information content (AvgIpc) is 2.58. The predicted octanol–water partition coefficient (Wildman–Crippen LogP) is 4.51. The molecular formula is C21H29N3O. The standard InChI is InChI=1S/C21H29N3O/c1-5-24(6-2)19-10-11-20(17(4)15-19)23-21(25)22-13-12-18-9-7-8-16(3)14-18/h7-11,14-15H,5-6,12-13H2,1-4H3,(H2,22,23,25). The van der Waals surface area contributed by atoms with Gasteiger partial charge in [-0.3, -0.25) is 0 Å². The molecule has 0 aromatic heterocycles. The Balaban J connectivity index is 1.87. The van der Waals surface area contributed by atoms with Gasteiger partial charge in [-0.05, 0) is 63.4 Å². The molecule has 0 aliphatic heterocycles. The van der Waals surface area contributed by atoms with Crippen molar-refractivity contribution in [2.45, 2.75) is 34.1 Å². The minimum Gasteiger partial charge on any atom is -0.372 e. The van der Waals surface area contributed by atoms with E-state index >= 15 is 0 Å². The van der Waals surface area contributed by atoms with Gasteiger partial charge in [0.25, 0.3) is 0 Å². The fraction of sp³-hybridized carbons (Fsp3) is 0.381. The second-order valence-corrected chi connectivity index (χ2v) is 6.29. The number of hydrogen-bond acceptors (Lipinski definition) is 2. The highest BCUT2D eigenvalue weighted by molar-refractivity contribution is 5.90. The van der Waals surface area contributed by atoms with Crippen LogP contribution in [0, 0.1) is 13.8 Å². The lowest BCUT2D eigenvalue weighted by Crippen LogP contribution is -2.30. The molecule has 0 fully saturated rings. The van der Waals surface area contributed by atoms with Crippen molar-refractivity contribution < 1.29 is 4.79 Å².